The average molecular weight is 275 g/mol. The van der Waals surface area contributed by atoms with E-state index in [-0.39, 0.29) is 11.3 Å². The number of nitrogens with one attached hydrogen (secondary N) is 1. The van der Waals surface area contributed by atoms with Gasteiger partial charge in [-0.1, -0.05) is 43.1 Å². The van der Waals surface area contributed by atoms with E-state index < -0.39 is 0 Å². The third-order valence-electron chi connectivity index (χ3n) is 2.63. The molecule has 3 nitrogen and oxygen atoms in total. The van der Waals surface area contributed by atoms with Gasteiger partial charge in [0.05, 0.1) is 17.5 Å². The SMILES string of the molecule is CC(C)(CCOc1cccc(Cl)c1Cl)C(=N)N. The molecule has 0 bridgehead atoms. The third kappa shape index (κ3) is 3.79. The monoisotopic (exact) mass is 274 g/mol. The van der Waals surface area contributed by atoms with Crippen molar-refractivity contribution in [1.29, 1.82) is 5.41 Å². The van der Waals surface area contributed by atoms with Crippen molar-refractivity contribution in [2.45, 2.75) is 20.3 Å². The number of ether oxygens (including phenoxy) is 1. The molecular formula is C12H16Cl2N2O. The van der Waals surface area contributed by atoms with E-state index in [0.29, 0.717) is 28.8 Å². The quantitative estimate of drug-likeness (QED) is 0.635. The van der Waals surface area contributed by atoms with E-state index in [0.717, 1.165) is 0 Å². The zero-order valence-corrected chi connectivity index (χ0v) is 11.4. The van der Waals surface area contributed by atoms with Gasteiger partial charge in [0.2, 0.25) is 0 Å². The van der Waals surface area contributed by atoms with Gasteiger partial charge < -0.3 is 10.5 Å². The lowest BCUT2D eigenvalue weighted by Crippen LogP contribution is -2.32. The van der Waals surface area contributed by atoms with Crippen LogP contribution in [-0.2, 0) is 0 Å². The van der Waals surface area contributed by atoms with Gasteiger partial charge in [-0.3, -0.25) is 5.41 Å². The normalized spacial score (nSPS) is 11.3. The molecule has 0 unspecified atom stereocenters. The predicted molar refractivity (Wildman–Crippen MR) is 72.3 cm³/mol. The topological polar surface area (TPSA) is 59.1 Å². The molecule has 0 aliphatic rings. The van der Waals surface area contributed by atoms with E-state index in [4.69, 9.17) is 39.1 Å². The molecule has 1 aromatic rings. The van der Waals surface area contributed by atoms with Crippen molar-refractivity contribution in [1.82, 2.24) is 0 Å². The predicted octanol–water partition coefficient (Wildman–Crippen LogP) is 3.72. The maximum atomic E-state index is 7.43. The lowest BCUT2D eigenvalue weighted by Gasteiger charge is -2.22. The molecule has 0 heterocycles. The minimum atomic E-state index is -0.370. The highest BCUT2D eigenvalue weighted by Gasteiger charge is 2.21. The highest BCUT2D eigenvalue weighted by molar-refractivity contribution is 6.42. The van der Waals surface area contributed by atoms with Gasteiger partial charge in [0.25, 0.3) is 0 Å². The zero-order chi connectivity index (χ0) is 13.1. The van der Waals surface area contributed by atoms with Crippen LogP contribution in [0.5, 0.6) is 5.75 Å². The summed E-state index contributed by atoms with van der Waals surface area (Å²) in [6, 6.07) is 5.24. The first-order chi connectivity index (χ1) is 7.84. The molecule has 0 radical (unpaired) electrons. The highest BCUT2D eigenvalue weighted by atomic mass is 35.5. The third-order valence-corrected chi connectivity index (χ3v) is 3.43. The maximum absolute atomic E-state index is 7.43. The molecule has 94 valence electrons. The zero-order valence-electron chi connectivity index (χ0n) is 9.89. The summed E-state index contributed by atoms with van der Waals surface area (Å²) in [5.74, 6) is 0.705. The van der Waals surface area contributed by atoms with Crippen molar-refractivity contribution >= 4 is 29.0 Å². The van der Waals surface area contributed by atoms with Crippen LogP contribution in [0.1, 0.15) is 20.3 Å². The Morgan fingerprint density at radius 2 is 2.06 bits per heavy atom. The van der Waals surface area contributed by atoms with E-state index in [1.807, 2.05) is 13.8 Å². The van der Waals surface area contributed by atoms with Crippen LogP contribution in [0.2, 0.25) is 10.0 Å². The Morgan fingerprint density at radius 1 is 1.41 bits per heavy atom. The maximum Gasteiger partial charge on any atom is 0.139 e. The fraction of sp³-hybridized carbons (Fsp3) is 0.417. The number of rotatable bonds is 5. The second kappa shape index (κ2) is 5.61. The summed E-state index contributed by atoms with van der Waals surface area (Å²) in [7, 11) is 0. The smallest absolute Gasteiger partial charge is 0.139 e. The average Bonchev–Trinajstić information content (AvgIpc) is 2.24. The standard InChI is InChI=1S/C12H16Cl2N2O/c1-12(2,11(15)16)6-7-17-9-5-3-4-8(13)10(9)14/h3-5H,6-7H2,1-2H3,(H3,15,16). The molecule has 0 aromatic heterocycles. The van der Waals surface area contributed by atoms with Crippen molar-refractivity contribution in [3.63, 3.8) is 0 Å². The number of nitrogens with two attached hydrogens (primary N) is 1. The minimum Gasteiger partial charge on any atom is -0.492 e. The molecule has 1 aromatic carbocycles. The van der Waals surface area contributed by atoms with E-state index in [9.17, 15) is 0 Å². The van der Waals surface area contributed by atoms with Gasteiger partial charge >= 0.3 is 0 Å². The highest BCUT2D eigenvalue weighted by Crippen LogP contribution is 2.32. The van der Waals surface area contributed by atoms with Gasteiger partial charge in [-0.2, -0.15) is 0 Å². The molecule has 3 N–H and O–H groups in total. The summed E-state index contributed by atoms with van der Waals surface area (Å²) in [6.45, 7) is 4.24. The summed E-state index contributed by atoms with van der Waals surface area (Å²) in [4.78, 5) is 0. The Morgan fingerprint density at radius 3 is 2.65 bits per heavy atom. The van der Waals surface area contributed by atoms with Gasteiger partial charge in [-0.05, 0) is 18.6 Å². The Labute approximate surface area is 111 Å². The summed E-state index contributed by atoms with van der Waals surface area (Å²) in [6.07, 6.45) is 0.644. The Hall–Kier alpha value is -0.930. The van der Waals surface area contributed by atoms with Crippen LogP contribution in [-0.4, -0.2) is 12.4 Å². The van der Waals surface area contributed by atoms with E-state index in [2.05, 4.69) is 0 Å². The minimum absolute atomic E-state index is 0.151. The molecule has 5 heteroatoms. The van der Waals surface area contributed by atoms with Crippen LogP contribution < -0.4 is 10.5 Å². The molecule has 0 aliphatic carbocycles. The van der Waals surface area contributed by atoms with Crippen LogP contribution in [0.4, 0.5) is 0 Å². The summed E-state index contributed by atoms with van der Waals surface area (Å²) < 4.78 is 5.54. The number of hydrogen-bond donors (Lipinski definition) is 2. The second-order valence-electron chi connectivity index (χ2n) is 4.45. The van der Waals surface area contributed by atoms with Crippen molar-refractivity contribution in [3.05, 3.63) is 28.2 Å². The molecule has 0 aliphatic heterocycles. The number of hydrogen-bond acceptors (Lipinski definition) is 2. The fourth-order valence-electron chi connectivity index (χ4n) is 1.15. The van der Waals surface area contributed by atoms with Gasteiger partial charge in [-0.15, -0.1) is 0 Å². The molecule has 1 rings (SSSR count). The number of amidine groups is 1. The lowest BCUT2D eigenvalue weighted by atomic mass is 9.88. The number of halogens is 2. The van der Waals surface area contributed by atoms with Crippen LogP contribution in [0, 0.1) is 10.8 Å². The van der Waals surface area contributed by atoms with E-state index in [1.165, 1.54) is 0 Å². The van der Waals surface area contributed by atoms with Crippen LogP contribution in [0.25, 0.3) is 0 Å². The first-order valence-corrected chi connectivity index (χ1v) is 6.01. The second-order valence-corrected chi connectivity index (χ2v) is 5.23. The van der Waals surface area contributed by atoms with E-state index >= 15 is 0 Å². The van der Waals surface area contributed by atoms with Gasteiger partial charge in [0.15, 0.2) is 0 Å². The molecule has 0 amide bonds. The summed E-state index contributed by atoms with van der Waals surface area (Å²) in [5.41, 5.74) is 5.11. The number of benzene rings is 1. The van der Waals surface area contributed by atoms with Gasteiger partial charge in [0, 0.05) is 5.41 Å². The van der Waals surface area contributed by atoms with Crippen molar-refractivity contribution in [2.75, 3.05) is 6.61 Å². The van der Waals surface area contributed by atoms with Crippen molar-refractivity contribution < 1.29 is 4.74 Å². The first kappa shape index (κ1) is 14.1. The Kier molecular flexibility index (Phi) is 4.66. The molecule has 0 fully saturated rings. The van der Waals surface area contributed by atoms with E-state index in [1.54, 1.807) is 18.2 Å². The molecular weight excluding hydrogens is 259 g/mol. The first-order valence-electron chi connectivity index (χ1n) is 5.26. The molecule has 0 saturated heterocycles. The Bertz CT molecular complexity index is 419. The molecule has 0 atom stereocenters. The molecule has 17 heavy (non-hydrogen) atoms. The van der Waals surface area contributed by atoms with Crippen molar-refractivity contribution in [2.24, 2.45) is 11.1 Å². The van der Waals surface area contributed by atoms with Crippen molar-refractivity contribution in [3.8, 4) is 5.75 Å². The van der Waals surface area contributed by atoms with Gasteiger partial charge in [-0.25, -0.2) is 0 Å². The summed E-state index contributed by atoms with van der Waals surface area (Å²) >= 11 is 11.8. The molecule has 0 saturated carbocycles. The van der Waals surface area contributed by atoms with Crippen LogP contribution >= 0.6 is 23.2 Å². The van der Waals surface area contributed by atoms with Gasteiger partial charge in [0.1, 0.15) is 10.8 Å². The largest absolute Gasteiger partial charge is 0.492 e. The fourth-order valence-corrected chi connectivity index (χ4v) is 1.49. The molecule has 0 spiro atoms. The Balaban J connectivity index is 2.58. The van der Waals surface area contributed by atoms with Crippen LogP contribution in [0.3, 0.4) is 0 Å². The van der Waals surface area contributed by atoms with Crippen LogP contribution in [0.15, 0.2) is 18.2 Å². The lowest BCUT2D eigenvalue weighted by molar-refractivity contribution is 0.269. The summed E-state index contributed by atoms with van der Waals surface area (Å²) in [5, 5.41) is 8.31.